The van der Waals surface area contributed by atoms with Crippen LogP contribution in [0.2, 0.25) is 0 Å². The second-order valence-corrected chi connectivity index (χ2v) is 8.18. The second-order valence-electron chi connectivity index (χ2n) is 8.18. The van der Waals surface area contributed by atoms with Gasteiger partial charge < -0.3 is 29.7 Å². The number of methoxy groups -OCH3 is 2. The average Bonchev–Trinajstić information content (AvgIpc) is 2.84. The van der Waals surface area contributed by atoms with Gasteiger partial charge in [0.05, 0.1) is 11.6 Å². The van der Waals surface area contributed by atoms with Crippen LogP contribution in [0.3, 0.4) is 0 Å². The van der Waals surface area contributed by atoms with Gasteiger partial charge in [-0.25, -0.2) is 9.59 Å². The number of nitrogens with zero attached hydrogens (tertiary/aromatic N) is 1. The Morgan fingerprint density at radius 2 is 1.83 bits per heavy atom. The van der Waals surface area contributed by atoms with Crippen molar-refractivity contribution in [1.82, 2.24) is 10.6 Å². The van der Waals surface area contributed by atoms with Crippen LogP contribution in [0.4, 0.5) is 18.9 Å². The van der Waals surface area contributed by atoms with Crippen molar-refractivity contribution in [2.45, 2.75) is 44.4 Å². The van der Waals surface area contributed by atoms with Gasteiger partial charge in [0.1, 0.15) is 29.0 Å². The fourth-order valence-electron chi connectivity index (χ4n) is 4.31. The molecule has 35 heavy (non-hydrogen) atoms. The van der Waals surface area contributed by atoms with Gasteiger partial charge in [0.2, 0.25) is 0 Å². The van der Waals surface area contributed by atoms with Crippen LogP contribution >= 0.6 is 0 Å². The van der Waals surface area contributed by atoms with Crippen molar-refractivity contribution in [3.63, 3.8) is 0 Å². The zero-order chi connectivity index (χ0) is 25.6. The third-order valence-corrected chi connectivity index (χ3v) is 6.05. The Morgan fingerprint density at radius 3 is 2.40 bits per heavy atom. The van der Waals surface area contributed by atoms with E-state index < -0.39 is 24.1 Å². The van der Waals surface area contributed by atoms with Gasteiger partial charge >= 0.3 is 6.36 Å². The number of carbonyl (C=O) groups excluding carboxylic acids is 3. The normalized spacial score (nSPS) is 19.1. The summed E-state index contributed by atoms with van der Waals surface area (Å²) in [5.74, 6) is 1.87. The van der Waals surface area contributed by atoms with Gasteiger partial charge in [-0.3, -0.25) is 4.79 Å². The maximum absolute atomic E-state index is 13.1. The molecule has 0 aromatic heterocycles. The summed E-state index contributed by atoms with van der Waals surface area (Å²) >= 11 is 0. The van der Waals surface area contributed by atoms with Crippen LogP contribution in [0, 0.1) is 5.92 Å². The Morgan fingerprint density at radius 1 is 1.14 bits per heavy atom. The molecule has 12 heteroatoms. The monoisotopic (exact) mass is 497 g/mol. The lowest BCUT2D eigenvalue weighted by atomic mass is 9.95. The molecule has 2 aliphatic heterocycles. The SMILES string of the molecule is COC(OC)C1CCN(c2ccc(C(=O)N[C@H]3CCC(=C=O)NC3=C=O)c(OC(F)(F)F)c2)CC1. The molecule has 1 aromatic rings. The maximum Gasteiger partial charge on any atom is 0.573 e. The molecular formula is C23H26F3N3O6. The summed E-state index contributed by atoms with van der Waals surface area (Å²) in [6, 6.07) is 3.12. The summed E-state index contributed by atoms with van der Waals surface area (Å²) in [5.41, 5.74) is 0.150. The summed E-state index contributed by atoms with van der Waals surface area (Å²) in [5, 5.41) is 5.02. The van der Waals surface area contributed by atoms with Gasteiger partial charge in [-0.15, -0.1) is 13.2 Å². The molecule has 9 nitrogen and oxygen atoms in total. The molecule has 0 radical (unpaired) electrons. The molecule has 0 aliphatic carbocycles. The number of nitrogens with one attached hydrogen (secondary N) is 2. The molecule has 0 bridgehead atoms. The van der Waals surface area contributed by atoms with Crippen LogP contribution in [-0.4, -0.2) is 63.8 Å². The van der Waals surface area contributed by atoms with Crippen LogP contribution in [0.5, 0.6) is 5.75 Å². The van der Waals surface area contributed by atoms with Crippen LogP contribution in [0.15, 0.2) is 29.6 Å². The summed E-state index contributed by atoms with van der Waals surface area (Å²) in [6.07, 6.45) is -3.58. The van der Waals surface area contributed by atoms with Crippen molar-refractivity contribution in [1.29, 1.82) is 0 Å². The second kappa shape index (κ2) is 11.4. The van der Waals surface area contributed by atoms with E-state index >= 15 is 0 Å². The average molecular weight is 497 g/mol. The molecule has 3 rings (SSSR count). The number of hydrogen-bond donors (Lipinski definition) is 2. The third-order valence-electron chi connectivity index (χ3n) is 6.05. The highest BCUT2D eigenvalue weighted by Gasteiger charge is 2.35. The number of halogens is 3. The highest BCUT2D eigenvalue weighted by atomic mass is 19.4. The van der Waals surface area contributed by atoms with Crippen molar-refractivity contribution >= 4 is 23.5 Å². The molecule has 2 saturated heterocycles. The first-order valence-corrected chi connectivity index (χ1v) is 11.0. The van der Waals surface area contributed by atoms with Crippen molar-refractivity contribution in [2.75, 3.05) is 32.2 Å². The van der Waals surface area contributed by atoms with Crippen LogP contribution in [-0.2, 0) is 19.1 Å². The van der Waals surface area contributed by atoms with E-state index in [1.165, 1.54) is 12.1 Å². The third kappa shape index (κ3) is 6.64. The standard InChI is InChI=1S/C23H26F3N3O6/c1-33-22(34-2)14-7-9-29(10-8-14)16-4-5-17(20(11-16)35-23(24,25)26)21(32)28-18-6-3-15(12-30)27-19(18)13-31/h4-5,11,14,18,22,27H,3,6-10H2,1-2H3,(H,28,32)/t18-/m0/s1. The van der Waals surface area contributed by atoms with E-state index in [1.807, 2.05) is 4.90 Å². The van der Waals surface area contributed by atoms with E-state index in [2.05, 4.69) is 15.4 Å². The molecular weight excluding hydrogens is 471 g/mol. The summed E-state index contributed by atoms with van der Waals surface area (Å²) in [7, 11) is 3.11. The molecule has 1 amide bonds. The van der Waals surface area contributed by atoms with E-state index in [0.29, 0.717) is 31.6 Å². The Balaban J connectivity index is 1.79. The van der Waals surface area contributed by atoms with Gasteiger partial charge in [0.25, 0.3) is 5.91 Å². The van der Waals surface area contributed by atoms with Crippen LogP contribution in [0.25, 0.3) is 0 Å². The fraction of sp³-hybridized carbons (Fsp3) is 0.522. The molecule has 0 saturated carbocycles. The zero-order valence-electron chi connectivity index (χ0n) is 19.2. The minimum atomic E-state index is -5.02. The minimum Gasteiger partial charge on any atom is -0.405 e. The summed E-state index contributed by atoms with van der Waals surface area (Å²) in [4.78, 5) is 36.8. The van der Waals surface area contributed by atoms with E-state index in [1.54, 1.807) is 32.2 Å². The van der Waals surface area contributed by atoms with Crippen molar-refractivity contribution in [3.8, 4) is 5.75 Å². The van der Waals surface area contributed by atoms with Crippen molar-refractivity contribution < 1.29 is 41.8 Å². The molecule has 2 aliphatic rings. The molecule has 2 N–H and O–H groups in total. The van der Waals surface area contributed by atoms with Gasteiger partial charge in [0.15, 0.2) is 6.29 Å². The Labute approximate surface area is 199 Å². The Hall–Kier alpha value is -3.30. The molecule has 2 heterocycles. The first kappa shape index (κ1) is 26.3. The van der Waals surface area contributed by atoms with E-state index in [-0.39, 0.29) is 42.0 Å². The lowest BCUT2D eigenvalue weighted by molar-refractivity contribution is -0.274. The topological polar surface area (TPSA) is 106 Å². The number of rotatable bonds is 7. The quantitative estimate of drug-likeness (QED) is 0.437. The zero-order valence-corrected chi connectivity index (χ0v) is 19.2. The predicted molar refractivity (Wildman–Crippen MR) is 118 cm³/mol. The molecule has 1 aromatic carbocycles. The lowest BCUT2D eigenvalue weighted by Crippen LogP contribution is -2.44. The van der Waals surface area contributed by atoms with Crippen molar-refractivity contribution in [2.24, 2.45) is 5.92 Å². The highest BCUT2D eigenvalue weighted by molar-refractivity contribution is 5.98. The van der Waals surface area contributed by atoms with Gasteiger partial charge in [-0.05, 0) is 31.4 Å². The lowest BCUT2D eigenvalue weighted by Gasteiger charge is -2.36. The number of allylic oxidation sites excluding steroid dienone is 1. The predicted octanol–water partition coefficient (Wildman–Crippen LogP) is 2.33. The molecule has 190 valence electrons. The largest absolute Gasteiger partial charge is 0.573 e. The number of piperidine rings is 2. The molecule has 0 spiro atoms. The maximum atomic E-state index is 13.1. The van der Waals surface area contributed by atoms with E-state index in [9.17, 15) is 27.6 Å². The molecule has 2 fully saturated rings. The van der Waals surface area contributed by atoms with E-state index in [4.69, 9.17) is 9.47 Å². The highest BCUT2D eigenvalue weighted by Crippen LogP contribution is 2.33. The minimum absolute atomic E-state index is 0.105. The smallest absolute Gasteiger partial charge is 0.405 e. The van der Waals surface area contributed by atoms with E-state index in [0.717, 1.165) is 0 Å². The number of benzene rings is 1. The summed E-state index contributed by atoms with van der Waals surface area (Å²) in [6.45, 7) is 1.11. The fourth-order valence-corrected chi connectivity index (χ4v) is 4.31. The van der Waals surface area contributed by atoms with Gasteiger partial charge in [0, 0.05) is 51.4 Å². The van der Waals surface area contributed by atoms with Gasteiger partial charge in [-0.2, -0.15) is 0 Å². The van der Waals surface area contributed by atoms with Gasteiger partial charge in [-0.1, -0.05) is 0 Å². The van der Waals surface area contributed by atoms with Crippen LogP contribution in [0.1, 0.15) is 36.0 Å². The number of ether oxygens (including phenoxy) is 3. The first-order chi connectivity index (χ1) is 16.7. The number of alkyl halides is 3. The first-order valence-electron chi connectivity index (χ1n) is 11.0. The number of carbonyl (C=O) groups is 1. The number of amides is 1. The Kier molecular flexibility index (Phi) is 8.58. The van der Waals surface area contributed by atoms with Crippen LogP contribution < -0.4 is 20.3 Å². The molecule has 0 unspecified atom stereocenters. The molecule has 1 atom stereocenters. The summed E-state index contributed by atoms with van der Waals surface area (Å²) < 4.78 is 54.2. The van der Waals surface area contributed by atoms with Crippen molar-refractivity contribution in [3.05, 3.63) is 35.2 Å². The number of anilines is 1. The number of hydrogen-bond acceptors (Lipinski definition) is 8. The Bertz CT molecular complexity index is 1020.